The van der Waals surface area contributed by atoms with Crippen molar-refractivity contribution in [1.29, 1.82) is 0 Å². The Labute approximate surface area is 96.4 Å². The van der Waals surface area contributed by atoms with Gasteiger partial charge in [-0.05, 0) is 24.8 Å². The van der Waals surface area contributed by atoms with Gasteiger partial charge < -0.3 is 0 Å². The van der Waals surface area contributed by atoms with Gasteiger partial charge in [-0.25, -0.2) is 9.97 Å². The van der Waals surface area contributed by atoms with Gasteiger partial charge in [0.1, 0.15) is 5.82 Å². The predicted molar refractivity (Wildman–Crippen MR) is 69.6 cm³/mol. The highest BCUT2D eigenvalue weighted by Gasteiger charge is 2.00. The van der Waals surface area contributed by atoms with Crippen molar-refractivity contribution in [3.8, 4) is 0 Å². The Morgan fingerprint density at radius 3 is 2.27 bits per heavy atom. The van der Waals surface area contributed by atoms with Crippen LogP contribution in [0.4, 0.5) is 0 Å². The molecule has 0 radical (unpaired) electrons. The van der Waals surface area contributed by atoms with Crippen LogP contribution in [-0.4, -0.2) is 9.97 Å². The van der Waals surface area contributed by atoms with Crippen LogP contribution >= 0.6 is 11.3 Å². The minimum atomic E-state index is 0.846. The van der Waals surface area contributed by atoms with Crippen molar-refractivity contribution in [2.45, 2.75) is 41.5 Å². The molecule has 2 nitrogen and oxygen atoms in total. The van der Waals surface area contributed by atoms with Crippen molar-refractivity contribution in [3.63, 3.8) is 0 Å². The zero-order chi connectivity index (χ0) is 11.8. The maximum Gasteiger partial charge on any atom is 0.125 e. The van der Waals surface area contributed by atoms with Crippen LogP contribution in [0.25, 0.3) is 10.2 Å². The zero-order valence-corrected chi connectivity index (χ0v) is 11.3. The summed E-state index contributed by atoms with van der Waals surface area (Å²) in [5.41, 5.74) is 2.35. The number of thiophene rings is 1. The topological polar surface area (TPSA) is 25.8 Å². The minimum absolute atomic E-state index is 0.846. The van der Waals surface area contributed by atoms with Crippen molar-refractivity contribution < 1.29 is 0 Å². The van der Waals surface area contributed by atoms with Gasteiger partial charge in [0, 0.05) is 6.20 Å². The van der Waals surface area contributed by atoms with Crippen molar-refractivity contribution in [2.24, 2.45) is 0 Å². The first-order chi connectivity index (χ1) is 7.27. The molecular weight excluding hydrogens is 204 g/mol. The first-order valence-electron chi connectivity index (χ1n) is 5.45. The first-order valence-corrected chi connectivity index (χ1v) is 6.33. The number of aryl methyl sites for hydroxylation is 2. The van der Waals surface area contributed by atoms with Gasteiger partial charge in [-0.3, -0.25) is 0 Å². The molecule has 0 amide bonds. The van der Waals surface area contributed by atoms with E-state index < -0.39 is 0 Å². The molecule has 84 valence electrons. The van der Waals surface area contributed by atoms with E-state index in [4.69, 9.17) is 0 Å². The molecule has 0 N–H and O–H groups in total. The van der Waals surface area contributed by atoms with Gasteiger partial charge in [0.05, 0.1) is 10.2 Å². The maximum absolute atomic E-state index is 4.33. The summed E-state index contributed by atoms with van der Waals surface area (Å²) < 4.78 is 1.17. The van der Waals surface area contributed by atoms with Crippen LogP contribution in [0.1, 0.15) is 39.1 Å². The summed E-state index contributed by atoms with van der Waals surface area (Å²) in [5, 5.41) is 2.11. The van der Waals surface area contributed by atoms with Gasteiger partial charge in [0.25, 0.3) is 0 Å². The molecule has 2 heterocycles. The Morgan fingerprint density at radius 1 is 1.07 bits per heavy atom. The molecule has 0 aliphatic rings. The van der Waals surface area contributed by atoms with Gasteiger partial charge >= 0.3 is 0 Å². The average Bonchev–Trinajstić information content (AvgIpc) is 2.66. The van der Waals surface area contributed by atoms with Gasteiger partial charge in [-0.2, -0.15) is 0 Å². The minimum Gasteiger partial charge on any atom is -0.240 e. The quantitative estimate of drug-likeness (QED) is 0.664. The Bertz CT molecular complexity index is 393. The van der Waals surface area contributed by atoms with E-state index >= 15 is 0 Å². The lowest BCUT2D eigenvalue weighted by Gasteiger charge is -1.91. The van der Waals surface area contributed by atoms with E-state index in [1.54, 1.807) is 11.3 Å². The fraction of sp³-hybridized carbons (Fsp3) is 0.500. The summed E-state index contributed by atoms with van der Waals surface area (Å²) in [6.45, 7) is 12.0. The highest BCUT2D eigenvalue weighted by molar-refractivity contribution is 7.17. The molecule has 0 unspecified atom stereocenters. The van der Waals surface area contributed by atoms with E-state index in [1.807, 2.05) is 40.8 Å². The van der Waals surface area contributed by atoms with Crippen LogP contribution < -0.4 is 0 Å². The summed E-state index contributed by atoms with van der Waals surface area (Å²) in [6.07, 6.45) is 1.88. The standard InChI is InChI=1S/C8H8N2S.2C2H6/c1-5-4-11-7-3-9-6(2)10-8(5)7;2*1-2/h3-4H,1-2H3;2*1-2H3. The summed E-state index contributed by atoms with van der Waals surface area (Å²) in [4.78, 5) is 8.45. The van der Waals surface area contributed by atoms with Crippen LogP contribution in [0.5, 0.6) is 0 Å². The monoisotopic (exact) mass is 224 g/mol. The third kappa shape index (κ3) is 3.59. The van der Waals surface area contributed by atoms with Crippen LogP contribution in [0.3, 0.4) is 0 Å². The highest BCUT2D eigenvalue weighted by Crippen LogP contribution is 2.21. The molecule has 15 heavy (non-hydrogen) atoms. The third-order valence-corrected chi connectivity index (χ3v) is 2.64. The van der Waals surface area contributed by atoms with Crippen molar-refractivity contribution in [1.82, 2.24) is 9.97 Å². The molecule has 0 aliphatic heterocycles. The lowest BCUT2D eigenvalue weighted by atomic mass is 10.3. The number of hydrogen-bond acceptors (Lipinski definition) is 3. The zero-order valence-electron chi connectivity index (χ0n) is 10.5. The highest BCUT2D eigenvalue weighted by atomic mass is 32.1. The first kappa shape index (κ1) is 14.0. The smallest absolute Gasteiger partial charge is 0.125 e. The van der Waals surface area contributed by atoms with Crippen molar-refractivity contribution in [2.75, 3.05) is 0 Å². The normalized spacial score (nSPS) is 8.67. The van der Waals surface area contributed by atoms with Gasteiger partial charge in [-0.1, -0.05) is 27.7 Å². The van der Waals surface area contributed by atoms with Crippen LogP contribution in [-0.2, 0) is 0 Å². The number of nitrogens with zero attached hydrogens (tertiary/aromatic N) is 2. The molecule has 0 bridgehead atoms. The number of aromatic nitrogens is 2. The van der Waals surface area contributed by atoms with E-state index in [0.717, 1.165) is 11.3 Å². The lowest BCUT2D eigenvalue weighted by molar-refractivity contribution is 1.09. The second-order valence-electron chi connectivity index (χ2n) is 2.55. The molecule has 0 aromatic carbocycles. The van der Waals surface area contributed by atoms with E-state index in [1.165, 1.54) is 10.3 Å². The number of hydrogen-bond donors (Lipinski definition) is 0. The molecule has 0 spiro atoms. The fourth-order valence-corrected chi connectivity index (χ4v) is 1.88. The molecule has 0 aliphatic carbocycles. The average molecular weight is 224 g/mol. The van der Waals surface area contributed by atoms with Crippen LogP contribution in [0, 0.1) is 13.8 Å². The van der Waals surface area contributed by atoms with Gasteiger partial charge in [0.15, 0.2) is 0 Å². The molecule has 2 rings (SSSR count). The van der Waals surface area contributed by atoms with E-state index in [-0.39, 0.29) is 0 Å². The largest absolute Gasteiger partial charge is 0.240 e. The van der Waals surface area contributed by atoms with E-state index in [9.17, 15) is 0 Å². The Morgan fingerprint density at radius 2 is 1.67 bits per heavy atom. The molecule has 0 atom stereocenters. The Balaban J connectivity index is 0.000000442. The summed E-state index contributed by atoms with van der Waals surface area (Å²) in [6, 6.07) is 0. The van der Waals surface area contributed by atoms with E-state index in [2.05, 4.69) is 22.3 Å². The molecule has 0 saturated heterocycles. The van der Waals surface area contributed by atoms with Gasteiger partial charge in [-0.15, -0.1) is 11.3 Å². The molecule has 0 fully saturated rings. The molecule has 2 aromatic heterocycles. The van der Waals surface area contributed by atoms with Crippen LogP contribution in [0.15, 0.2) is 11.6 Å². The summed E-state index contributed by atoms with van der Waals surface area (Å²) in [5.74, 6) is 0.846. The van der Waals surface area contributed by atoms with E-state index in [0.29, 0.717) is 0 Å². The molecule has 0 saturated carbocycles. The Hall–Kier alpha value is -0.960. The van der Waals surface area contributed by atoms with Crippen molar-refractivity contribution in [3.05, 3.63) is 23.0 Å². The maximum atomic E-state index is 4.33. The van der Waals surface area contributed by atoms with Crippen molar-refractivity contribution >= 4 is 21.6 Å². The predicted octanol–water partition coefficient (Wildman–Crippen LogP) is 4.36. The Kier molecular flexibility index (Phi) is 6.88. The second kappa shape index (κ2) is 7.35. The summed E-state index contributed by atoms with van der Waals surface area (Å²) in [7, 11) is 0. The fourth-order valence-electron chi connectivity index (χ4n) is 1.04. The number of fused-ring (bicyclic) bond motifs is 1. The summed E-state index contributed by atoms with van der Waals surface area (Å²) >= 11 is 1.70. The third-order valence-electron chi connectivity index (χ3n) is 1.61. The second-order valence-corrected chi connectivity index (χ2v) is 3.46. The molecule has 3 heteroatoms. The lowest BCUT2D eigenvalue weighted by Crippen LogP contribution is -1.85. The molecule has 2 aromatic rings. The SMILES string of the molecule is CC.CC.Cc1ncc2scc(C)c2n1. The van der Waals surface area contributed by atoms with Gasteiger partial charge in [0.2, 0.25) is 0 Å². The number of rotatable bonds is 0. The molecular formula is C12H20N2S. The van der Waals surface area contributed by atoms with Crippen LogP contribution in [0.2, 0.25) is 0 Å².